The summed E-state index contributed by atoms with van der Waals surface area (Å²) in [4.78, 5) is 14.3. The molecule has 1 saturated carbocycles. The number of hydrogen-bond donors (Lipinski definition) is 1. The molecule has 1 N–H and O–H groups in total. The number of carboxylic acids is 1. The lowest BCUT2D eigenvalue weighted by Crippen LogP contribution is -2.00. The molecule has 0 aromatic carbocycles. The van der Waals surface area contributed by atoms with Crippen molar-refractivity contribution in [1.82, 2.24) is 4.98 Å². The molecule has 0 spiro atoms. The predicted molar refractivity (Wildman–Crippen MR) is 44.8 cm³/mol. The molecular weight excluding hydrogens is 170 g/mol. The molecule has 0 unspecified atom stereocenters. The van der Waals surface area contributed by atoms with Crippen molar-refractivity contribution in [3.05, 3.63) is 23.9 Å². The van der Waals surface area contributed by atoms with Gasteiger partial charge in [0.25, 0.3) is 0 Å². The second-order valence-corrected chi connectivity index (χ2v) is 3.01. The minimum absolute atomic E-state index is 0.183. The van der Waals surface area contributed by atoms with Crippen molar-refractivity contribution in [1.29, 1.82) is 0 Å². The molecule has 1 aliphatic carbocycles. The van der Waals surface area contributed by atoms with E-state index in [0.717, 1.165) is 12.8 Å². The molecule has 0 aliphatic heterocycles. The predicted octanol–water partition coefficient (Wildman–Crippen LogP) is 1.32. The van der Waals surface area contributed by atoms with Crippen molar-refractivity contribution >= 4 is 5.97 Å². The monoisotopic (exact) mass is 179 g/mol. The van der Waals surface area contributed by atoms with Crippen LogP contribution in [0.25, 0.3) is 0 Å². The third-order valence-electron chi connectivity index (χ3n) is 1.80. The van der Waals surface area contributed by atoms with Gasteiger partial charge in [-0.25, -0.2) is 9.78 Å². The first-order valence-corrected chi connectivity index (χ1v) is 4.12. The SMILES string of the molecule is O=C(O)c1ccc(OC2CC2)nc1. The van der Waals surface area contributed by atoms with Gasteiger partial charge in [-0.2, -0.15) is 0 Å². The zero-order valence-corrected chi connectivity index (χ0v) is 6.93. The van der Waals surface area contributed by atoms with Crippen molar-refractivity contribution in [3.63, 3.8) is 0 Å². The first-order chi connectivity index (χ1) is 6.25. The highest BCUT2D eigenvalue weighted by atomic mass is 16.5. The van der Waals surface area contributed by atoms with Gasteiger partial charge in [-0.15, -0.1) is 0 Å². The van der Waals surface area contributed by atoms with Crippen molar-refractivity contribution in [2.24, 2.45) is 0 Å². The number of pyridine rings is 1. The van der Waals surface area contributed by atoms with Crippen LogP contribution in [0.15, 0.2) is 18.3 Å². The van der Waals surface area contributed by atoms with Crippen LogP contribution in [0.1, 0.15) is 23.2 Å². The van der Waals surface area contributed by atoms with Crippen LogP contribution in [0.3, 0.4) is 0 Å². The fourth-order valence-corrected chi connectivity index (χ4v) is 0.933. The number of carboxylic acid groups (broad SMARTS) is 1. The van der Waals surface area contributed by atoms with E-state index in [4.69, 9.17) is 9.84 Å². The zero-order chi connectivity index (χ0) is 9.26. The number of aromatic nitrogens is 1. The molecule has 13 heavy (non-hydrogen) atoms. The Kier molecular flexibility index (Phi) is 1.88. The van der Waals surface area contributed by atoms with Crippen molar-refractivity contribution in [2.75, 3.05) is 0 Å². The Bertz CT molecular complexity index is 316. The average Bonchev–Trinajstić information content (AvgIpc) is 2.89. The van der Waals surface area contributed by atoms with Gasteiger partial charge < -0.3 is 9.84 Å². The summed E-state index contributed by atoms with van der Waals surface area (Å²) in [5, 5.41) is 8.59. The third-order valence-corrected chi connectivity index (χ3v) is 1.80. The van der Waals surface area contributed by atoms with Gasteiger partial charge in [0.1, 0.15) is 6.10 Å². The molecule has 0 atom stereocenters. The zero-order valence-electron chi connectivity index (χ0n) is 6.93. The third kappa shape index (κ3) is 1.96. The van der Waals surface area contributed by atoms with Crippen molar-refractivity contribution < 1.29 is 14.6 Å². The van der Waals surface area contributed by atoms with Gasteiger partial charge in [0.2, 0.25) is 5.88 Å². The Morgan fingerprint density at radius 2 is 2.31 bits per heavy atom. The first kappa shape index (κ1) is 8.04. The van der Waals surface area contributed by atoms with E-state index >= 15 is 0 Å². The van der Waals surface area contributed by atoms with E-state index in [1.165, 1.54) is 12.3 Å². The molecule has 1 heterocycles. The maximum Gasteiger partial charge on any atom is 0.337 e. The second kappa shape index (κ2) is 3.05. The van der Waals surface area contributed by atoms with Gasteiger partial charge in [-0.1, -0.05) is 0 Å². The highest BCUT2D eigenvalue weighted by molar-refractivity contribution is 5.87. The van der Waals surface area contributed by atoms with E-state index in [-0.39, 0.29) is 5.56 Å². The van der Waals surface area contributed by atoms with E-state index < -0.39 is 5.97 Å². The van der Waals surface area contributed by atoms with Crippen LogP contribution in [0.4, 0.5) is 0 Å². The Hall–Kier alpha value is -1.58. The van der Waals surface area contributed by atoms with Gasteiger partial charge in [0.15, 0.2) is 0 Å². The number of nitrogens with zero attached hydrogens (tertiary/aromatic N) is 1. The molecule has 1 fully saturated rings. The number of ether oxygens (including phenoxy) is 1. The van der Waals surface area contributed by atoms with E-state index in [1.807, 2.05) is 0 Å². The maximum absolute atomic E-state index is 10.5. The van der Waals surface area contributed by atoms with E-state index in [1.54, 1.807) is 6.07 Å². The largest absolute Gasteiger partial charge is 0.478 e. The van der Waals surface area contributed by atoms with E-state index in [2.05, 4.69) is 4.98 Å². The molecule has 0 amide bonds. The van der Waals surface area contributed by atoms with Crippen molar-refractivity contribution in [3.8, 4) is 5.88 Å². The molecule has 1 aliphatic rings. The molecule has 2 rings (SSSR count). The topological polar surface area (TPSA) is 59.4 Å². The molecule has 68 valence electrons. The Balaban J connectivity index is 2.08. The molecule has 4 heteroatoms. The highest BCUT2D eigenvalue weighted by Gasteiger charge is 2.23. The van der Waals surface area contributed by atoms with Gasteiger partial charge in [0.05, 0.1) is 5.56 Å². The summed E-state index contributed by atoms with van der Waals surface area (Å²) in [6.07, 6.45) is 3.74. The molecule has 0 bridgehead atoms. The lowest BCUT2D eigenvalue weighted by molar-refractivity contribution is 0.0696. The first-order valence-electron chi connectivity index (χ1n) is 4.12. The summed E-state index contributed by atoms with van der Waals surface area (Å²) < 4.78 is 5.36. The van der Waals surface area contributed by atoms with Crippen molar-refractivity contribution in [2.45, 2.75) is 18.9 Å². The fraction of sp³-hybridized carbons (Fsp3) is 0.333. The van der Waals surface area contributed by atoms with E-state index in [9.17, 15) is 4.79 Å². The Morgan fingerprint density at radius 3 is 2.77 bits per heavy atom. The highest BCUT2D eigenvalue weighted by Crippen LogP contribution is 2.25. The number of hydrogen-bond acceptors (Lipinski definition) is 3. The van der Waals surface area contributed by atoms with Crippen LogP contribution in [0, 0.1) is 0 Å². The van der Waals surface area contributed by atoms with Crippen LogP contribution in [0.5, 0.6) is 5.88 Å². The van der Waals surface area contributed by atoms with Crippen LogP contribution < -0.4 is 4.74 Å². The summed E-state index contributed by atoms with van der Waals surface area (Å²) in [6.45, 7) is 0. The van der Waals surface area contributed by atoms with Gasteiger partial charge in [0, 0.05) is 12.3 Å². The van der Waals surface area contributed by atoms with Crippen LogP contribution in [0.2, 0.25) is 0 Å². The van der Waals surface area contributed by atoms with Crippen LogP contribution in [-0.2, 0) is 0 Å². The van der Waals surface area contributed by atoms with Crippen LogP contribution >= 0.6 is 0 Å². The lowest BCUT2D eigenvalue weighted by atomic mass is 10.3. The summed E-state index contributed by atoms with van der Waals surface area (Å²) in [7, 11) is 0. The maximum atomic E-state index is 10.5. The molecule has 0 saturated heterocycles. The number of carbonyl (C=O) groups is 1. The number of aromatic carboxylic acids is 1. The fourth-order valence-electron chi connectivity index (χ4n) is 0.933. The Morgan fingerprint density at radius 1 is 1.54 bits per heavy atom. The Labute approximate surface area is 75.2 Å². The standard InChI is InChI=1S/C9H9NO3/c11-9(12)6-1-4-8(10-5-6)13-7-2-3-7/h1,4-5,7H,2-3H2,(H,11,12). The summed E-state index contributed by atoms with van der Waals surface area (Å²) in [6, 6.07) is 3.08. The molecular formula is C9H9NO3. The number of rotatable bonds is 3. The molecule has 0 radical (unpaired) electrons. The van der Waals surface area contributed by atoms with Gasteiger partial charge in [-0.05, 0) is 18.9 Å². The molecule has 1 aromatic rings. The second-order valence-electron chi connectivity index (χ2n) is 3.01. The van der Waals surface area contributed by atoms with Gasteiger partial charge in [-0.3, -0.25) is 0 Å². The molecule has 4 nitrogen and oxygen atoms in total. The minimum atomic E-state index is -0.967. The lowest BCUT2D eigenvalue weighted by Gasteiger charge is -2.01. The molecule has 1 aromatic heterocycles. The summed E-state index contributed by atoms with van der Waals surface area (Å²) in [5.41, 5.74) is 0.183. The average molecular weight is 179 g/mol. The van der Waals surface area contributed by atoms with Crippen LogP contribution in [-0.4, -0.2) is 22.2 Å². The summed E-state index contributed by atoms with van der Waals surface area (Å²) >= 11 is 0. The quantitative estimate of drug-likeness (QED) is 0.760. The smallest absolute Gasteiger partial charge is 0.337 e. The minimum Gasteiger partial charge on any atom is -0.478 e. The summed E-state index contributed by atoms with van der Waals surface area (Å²) in [5.74, 6) is -0.460. The van der Waals surface area contributed by atoms with Gasteiger partial charge >= 0.3 is 5.97 Å². The van der Waals surface area contributed by atoms with E-state index in [0.29, 0.717) is 12.0 Å². The normalized spacial score (nSPS) is 15.4.